The Labute approximate surface area is 108 Å². The standard InChI is InChI=1S/C12H13BrO2S/c1-16-10-5-8(4-9(13)6-10)12(2-3-12)7-11(14)15/h4-6H,2-3,7H2,1H3,(H,14,15). The van der Waals surface area contributed by atoms with Crippen molar-refractivity contribution in [2.75, 3.05) is 6.26 Å². The third-order valence-electron chi connectivity index (χ3n) is 3.06. The minimum atomic E-state index is -0.705. The SMILES string of the molecule is CSc1cc(Br)cc(C2(CC(=O)O)CC2)c1. The summed E-state index contributed by atoms with van der Waals surface area (Å²) in [6.45, 7) is 0. The molecule has 0 heterocycles. The average molecular weight is 301 g/mol. The summed E-state index contributed by atoms with van der Waals surface area (Å²) < 4.78 is 1.03. The maximum atomic E-state index is 10.9. The van der Waals surface area contributed by atoms with Crippen LogP contribution in [0.1, 0.15) is 24.8 Å². The van der Waals surface area contributed by atoms with Crippen LogP contribution in [0.25, 0.3) is 0 Å². The molecule has 2 rings (SSSR count). The van der Waals surface area contributed by atoms with E-state index in [-0.39, 0.29) is 11.8 Å². The molecule has 16 heavy (non-hydrogen) atoms. The lowest BCUT2D eigenvalue weighted by Crippen LogP contribution is -2.12. The second-order valence-electron chi connectivity index (χ2n) is 4.23. The summed E-state index contributed by atoms with van der Waals surface area (Å²) in [5.41, 5.74) is 1.06. The van der Waals surface area contributed by atoms with Crippen LogP contribution in [0.3, 0.4) is 0 Å². The Hall–Kier alpha value is -0.480. The molecule has 0 aromatic heterocycles. The van der Waals surface area contributed by atoms with E-state index in [4.69, 9.17) is 5.11 Å². The van der Waals surface area contributed by atoms with Gasteiger partial charge in [-0.2, -0.15) is 0 Å². The summed E-state index contributed by atoms with van der Waals surface area (Å²) in [5.74, 6) is -0.705. The van der Waals surface area contributed by atoms with Gasteiger partial charge in [-0.25, -0.2) is 0 Å². The quantitative estimate of drug-likeness (QED) is 0.862. The molecule has 1 aliphatic carbocycles. The van der Waals surface area contributed by atoms with E-state index in [1.807, 2.05) is 6.26 Å². The van der Waals surface area contributed by atoms with Crippen molar-refractivity contribution >= 4 is 33.7 Å². The Morgan fingerprint density at radius 3 is 2.69 bits per heavy atom. The van der Waals surface area contributed by atoms with Gasteiger partial charge in [-0.1, -0.05) is 15.9 Å². The average Bonchev–Trinajstić information content (AvgIpc) is 2.97. The van der Waals surface area contributed by atoms with E-state index in [0.29, 0.717) is 0 Å². The Kier molecular flexibility index (Phi) is 3.31. The Morgan fingerprint density at radius 1 is 1.50 bits per heavy atom. The normalized spacial score (nSPS) is 17.1. The molecule has 86 valence electrons. The smallest absolute Gasteiger partial charge is 0.304 e. The van der Waals surface area contributed by atoms with Gasteiger partial charge in [-0.05, 0) is 42.9 Å². The molecule has 0 saturated heterocycles. The van der Waals surface area contributed by atoms with Crippen molar-refractivity contribution in [3.8, 4) is 0 Å². The molecule has 1 saturated carbocycles. The van der Waals surface area contributed by atoms with Crippen LogP contribution >= 0.6 is 27.7 Å². The molecule has 4 heteroatoms. The predicted molar refractivity (Wildman–Crippen MR) is 69.1 cm³/mol. The van der Waals surface area contributed by atoms with Crippen LogP contribution in [-0.2, 0) is 10.2 Å². The molecule has 1 aromatic carbocycles. The lowest BCUT2D eigenvalue weighted by molar-refractivity contribution is -0.137. The molecule has 0 aliphatic heterocycles. The number of hydrogen-bond acceptors (Lipinski definition) is 2. The molecule has 0 bridgehead atoms. The highest BCUT2D eigenvalue weighted by Crippen LogP contribution is 2.52. The first-order chi connectivity index (χ1) is 7.55. The van der Waals surface area contributed by atoms with Crippen molar-refractivity contribution in [2.24, 2.45) is 0 Å². The molecular formula is C12H13BrO2S. The summed E-state index contributed by atoms with van der Waals surface area (Å²) >= 11 is 5.16. The van der Waals surface area contributed by atoms with E-state index in [2.05, 4.69) is 34.1 Å². The van der Waals surface area contributed by atoms with Gasteiger partial charge in [0, 0.05) is 14.8 Å². The molecule has 0 radical (unpaired) electrons. The molecule has 1 aliphatic rings. The fraction of sp³-hybridized carbons (Fsp3) is 0.417. The maximum absolute atomic E-state index is 10.9. The molecule has 1 fully saturated rings. The van der Waals surface area contributed by atoms with Gasteiger partial charge < -0.3 is 5.11 Å². The molecule has 2 nitrogen and oxygen atoms in total. The van der Waals surface area contributed by atoms with Crippen LogP contribution < -0.4 is 0 Å². The van der Waals surface area contributed by atoms with Gasteiger partial charge in [0.05, 0.1) is 6.42 Å². The number of benzene rings is 1. The van der Waals surface area contributed by atoms with E-state index < -0.39 is 5.97 Å². The number of aliphatic carboxylic acids is 1. The topological polar surface area (TPSA) is 37.3 Å². The van der Waals surface area contributed by atoms with E-state index in [1.54, 1.807) is 11.8 Å². The summed E-state index contributed by atoms with van der Waals surface area (Å²) in [6, 6.07) is 6.23. The monoisotopic (exact) mass is 300 g/mol. The minimum Gasteiger partial charge on any atom is -0.481 e. The number of thioether (sulfide) groups is 1. The van der Waals surface area contributed by atoms with Gasteiger partial charge in [0.2, 0.25) is 0 Å². The van der Waals surface area contributed by atoms with E-state index >= 15 is 0 Å². The van der Waals surface area contributed by atoms with Crippen LogP contribution in [0.2, 0.25) is 0 Å². The molecular weight excluding hydrogens is 288 g/mol. The number of carboxylic acids is 1. The molecule has 0 spiro atoms. The highest BCUT2D eigenvalue weighted by Gasteiger charge is 2.46. The van der Waals surface area contributed by atoms with E-state index in [1.165, 1.54) is 4.90 Å². The largest absolute Gasteiger partial charge is 0.481 e. The summed E-state index contributed by atoms with van der Waals surface area (Å²) in [4.78, 5) is 12.0. The minimum absolute atomic E-state index is 0.0971. The van der Waals surface area contributed by atoms with Crippen molar-refractivity contribution in [3.63, 3.8) is 0 Å². The fourth-order valence-electron chi connectivity index (χ4n) is 1.99. The Bertz CT molecular complexity index is 427. The predicted octanol–water partition coefficient (Wildman–Crippen LogP) is 3.68. The zero-order valence-electron chi connectivity index (χ0n) is 9.00. The zero-order valence-corrected chi connectivity index (χ0v) is 11.4. The van der Waals surface area contributed by atoms with Crippen LogP contribution in [0.4, 0.5) is 0 Å². The molecule has 0 amide bonds. The van der Waals surface area contributed by atoms with Crippen LogP contribution in [-0.4, -0.2) is 17.3 Å². The van der Waals surface area contributed by atoms with Gasteiger partial charge in [0.25, 0.3) is 0 Å². The number of carbonyl (C=O) groups is 1. The lowest BCUT2D eigenvalue weighted by Gasteiger charge is -2.14. The molecule has 1 aromatic rings. The summed E-state index contributed by atoms with van der Waals surface area (Å²) in [6.07, 6.45) is 4.26. The van der Waals surface area contributed by atoms with Gasteiger partial charge in [-0.15, -0.1) is 11.8 Å². The highest BCUT2D eigenvalue weighted by molar-refractivity contribution is 9.10. The van der Waals surface area contributed by atoms with E-state index in [9.17, 15) is 4.79 Å². The first-order valence-electron chi connectivity index (χ1n) is 5.13. The van der Waals surface area contributed by atoms with Crippen LogP contribution in [0, 0.1) is 0 Å². The molecule has 0 atom stereocenters. The fourth-order valence-corrected chi connectivity index (χ4v) is 3.13. The summed E-state index contributed by atoms with van der Waals surface area (Å²) in [5, 5.41) is 8.93. The zero-order chi connectivity index (χ0) is 11.8. The maximum Gasteiger partial charge on any atom is 0.304 e. The van der Waals surface area contributed by atoms with Crippen molar-refractivity contribution in [1.29, 1.82) is 0 Å². The Morgan fingerprint density at radius 2 is 2.19 bits per heavy atom. The third-order valence-corrected chi connectivity index (χ3v) is 4.23. The van der Waals surface area contributed by atoms with E-state index in [0.717, 1.165) is 22.9 Å². The van der Waals surface area contributed by atoms with Crippen LogP contribution in [0.5, 0.6) is 0 Å². The summed E-state index contributed by atoms with van der Waals surface area (Å²) in [7, 11) is 0. The Balaban J connectivity index is 2.33. The first kappa shape index (κ1) is 12.0. The highest BCUT2D eigenvalue weighted by atomic mass is 79.9. The molecule has 1 N–H and O–H groups in total. The van der Waals surface area contributed by atoms with Gasteiger partial charge in [-0.3, -0.25) is 4.79 Å². The van der Waals surface area contributed by atoms with Gasteiger partial charge in [0.1, 0.15) is 0 Å². The number of hydrogen-bond donors (Lipinski definition) is 1. The lowest BCUT2D eigenvalue weighted by atomic mass is 9.92. The van der Waals surface area contributed by atoms with Crippen molar-refractivity contribution in [2.45, 2.75) is 29.6 Å². The second kappa shape index (κ2) is 4.41. The van der Waals surface area contributed by atoms with Crippen molar-refractivity contribution in [1.82, 2.24) is 0 Å². The van der Waals surface area contributed by atoms with Gasteiger partial charge >= 0.3 is 5.97 Å². The van der Waals surface area contributed by atoms with Crippen molar-refractivity contribution < 1.29 is 9.90 Å². The number of rotatable bonds is 4. The van der Waals surface area contributed by atoms with Crippen LogP contribution in [0.15, 0.2) is 27.6 Å². The number of carboxylic acid groups (broad SMARTS) is 1. The van der Waals surface area contributed by atoms with Gasteiger partial charge in [0.15, 0.2) is 0 Å². The third kappa shape index (κ3) is 2.43. The molecule has 0 unspecified atom stereocenters. The first-order valence-corrected chi connectivity index (χ1v) is 7.14. The number of halogens is 1. The second-order valence-corrected chi connectivity index (χ2v) is 6.03. The van der Waals surface area contributed by atoms with Crippen molar-refractivity contribution in [3.05, 3.63) is 28.2 Å².